The number of piperidine rings is 1. The number of hydrogen-bond acceptors (Lipinski definition) is 4. The first kappa shape index (κ1) is 24.7. The van der Waals surface area contributed by atoms with Gasteiger partial charge < -0.3 is 5.11 Å². The van der Waals surface area contributed by atoms with Crippen LogP contribution in [-0.2, 0) is 20.6 Å². The molecule has 6 nitrogen and oxygen atoms in total. The predicted octanol–water partition coefficient (Wildman–Crippen LogP) is 3.72. The molecule has 4 atom stereocenters. The van der Waals surface area contributed by atoms with Crippen molar-refractivity contribution >= 4 is 23.5 Å². The third-order valence-corrected chi connectivity index (χ3v) is 5.83. The first-order valence-electron chi connectivity index (χ1n) is 10.0. The van der Waals surface area contributed by atoms with Crippen molar-refractivity contribution in [2.45, 2.75) is 31.7 Å². The zero-order chi connectivity index (χ0) is 24.7. The summed E-state index contributed by atoms with van der Waals surface area (Å²) >= 11 is 0. The van der Waals surface area contributed by atoms with Crippen LogP contribution in [0.3, 0.4) is 0 Å². The molecule has 0 radical (unpaired) electrons. The Hall–Kier alpha value is -2.89. The fourth-order valence-electron chi connectivity index (χ4n) is 4.54. The molecular weight excluding hydrogens is 458 g/mol. The molecule has 0 aromatic heterocycles. The van der Waals surface area contributed by atoms with Gasteiger partial charge in [0.05, 0.1) is 23.1 Å². The van der Waals surface area contributed by atoms with Crippen LogP contribution in [0.1, 0.15) is 18.9 Å². The number of amides is 2. The van der Waals surface area contributed by atoms with Crippen molar-refractivity contribution in [3.8, 4) is 0 Å². The van der Waals surface area contributed by atoms with Crippen LogP contribution in [-0.4, -0.2) is 53.1 Å². The summed E-state index contributed by atoms with van der Waals surface area (Å²) in [5.74, 6) is -4.57. The van der Waals surface area contributed by atoms with E-state index in [0.29, 0.717) is 6.54 Å². The lowest BCUT2D eigenvalue weighted by atomic mass is 9.70. The molecule has 2 bridgehead atoms. The normalized spacial score (nSPS) is 26.8. The summed E-state index contributed by atoms with van der Waals surface area (Å²) in [4.78, 5) is 38.0. The Morgan fingerprint density at radius 3 is 2.21 bits per heavy atom. The number of carboxylic acids is 1. The standard InChI is InChI=1S/C19H19F3N2O2.C2HF3O2/c1-2-8-23-10-11-6-7-14(23)16-15(11)17(25)24(18(16)26)13-5-3-4-12(9-13)19(20,21)22;3-2(4,5)1(6)7/h3-7,9,11,14-16H,2,8,10H2,1H3;(H,6,7)/t11?,14-,15+,16-;/m1./s1. The number of imide groups is 1. The van der Waals surface area contributed by atoms with Gasteiger partial charge >= 0.3 is 18.3 Å². The molecule has 3 aliphatic heterocycles. The van der Waals surface area contributed by atoms with E-state index in [2.05, 4.69) is 11.8 Å². The number of anilines is 1. The summed E-state index contributed by atoms with van der Waals surface area (Å²) in [5.41, 5.74) is -0.857. The monoisotopic (exact) mass is 478 g/mol. The van der Waals surface area contributed by atoms with E-state index in [9.17, 15) is 35.9 Å². The summed E-state index contributed by atoms with van der Waals surface area (Å²) < 4.78 is 70.8. The minimum atomic E-state index is -5.08. The number of nitrogens with zero attached hydrogens (tertiary/aromatic N) is 2. The molecule has 3 heterocycles. The third kappa shape index (κ3) is 4.75. The van der Waals surface area contributed by atoms with Gasteiger partial charge in [0.1, 0.15) is 0 Å². The van der Waals surface area contributed by atoms with Gasteiger partial charge in [-0.15, -0.1) is 0 Å². The number of rotatable bonds is 3. The van der Waals surface area contributed by atoms with Crippen LogP contribution < -0.4 is 4.90 Å². The van der Waals surface area contributed by atoms with E-state index in [1.165, 1.54) is 12.1 Å². The molecule has 2 amide bonds. The number of aliphatic carboxylic acids is 1. The average Bonchev–Trinajstić information content (AvgIpc) is 3.00. The van der Waals surface area contributed by atoms with Crippen LogP contribution in [0.2, 0.25) is 0 Å². The van der Waals surface area contributed by atoms with Crippen LogP contribution >= 0.6 is 0 Å². The molecule has 1 aliphatic carbocycles. The van der Waals surface area contributed by atoms with E-state index in [-0.39, 0.29) is 29.5 Å². The second kappa shape index (κ2) is 8.81. The lowest BCUT2D eigenvalue weighted by Crippen LogP contribution is -2.56. The fourth-order valence-corrected chi connectivity index (χ4v) is 4.54. The van der Waals surface area contributed by atoms with Crippen molar-refractivity contribution in [2.24, 2.45) is 17.8 Å². The maximum atomic E-state index is 13.0. The average molecular weight is 478 g/mol. The van der Waals surface area contributed by atoms with Crippen LogP contribution in [0, 0.1) is 17.8 Å². The number of alkyl halides is 6. The first-order chi connectivity index (χ1) is 15.3. The van der Waals surface area contributed by atoms with E-state index < -0.39 is 35.7 Å². The molecule has 1 N–H and O–H groups in total. The molecule has 12 heteroatoms. The Bertz CT molecular complexity index is 974. The van der Waals surface area contributed by atoms with E-state index in [0.717, 1.165) is 30.0 Å². The molecule has 33 heavy (non-hydrogen) atoms. The molecule has 0 spiro atoms. The number of fused-ring (bicyclic) bond motifs is 1. The number of hydrogen-bond donors (Lipinski definition) is 1. The molecule has 1 aromatic rings. The molecule has 1 unspecified atom stereocenters. The Morgan fingerprint density at radius 1 is 1.06 bits per heavy atom. The van der Waals surface area contributed by atoms with Gasteiger partial charge in [-0.2, -0.15) is 26.3 Å². The highest BCUT2D eigenvalue weighted by Crippen LogP contribution is 2.46. The van der Waals surface area contributed by atoms with Gasteiger partial charge in [0.2, 0.25) is 11.8 Å². The first-order valence-corrected chi connectivity index (χ1v) is 10.0. The zero-order valence-corrected chi connectivity index (χ0v) is 17.2. The number of benzene rings is 1. The van der Waals surface area contributed by atoms with Crippen LogP contribution in [0.4, 0.5) is 32.0 Å². The molecule has 5 rings (SSSR count). The van der Waals surface area contributed by atoms with Crippen molar-refractivity contribution in [3.63, 3.8) is 0 Å². The lowest BCUT2D eigenvalue weighted by Gasteiger charge is -2.46. The van der Waals surface area contributed by atoms with Crippen molar-refractivity contribution in [2.75, 3.05) is 18.0 Å². The third-order valence-electron chi connectivity index (χ3n) is 5.83. The molecular formula is C21H20F6N2O4. The topological polar surface area (TPSA) is 77.9 Å². The largest absolute Gasteiger partial charge is 0.490 e. The number of halogens is 6. The van der Waals surface area contributed by atoms with Crippen molar-refractivity contribution in [1.82, 2.24) is 4.90 Å². The summed E-state index contributed by atoms with van der Waals surface area (Å²) in [7, 11) is 0. The van der Waals surface area contributed by atoms with Crippen molar-refractivity contribution in [1.29, 1.82) is 0 Å². The van der Waals surface area contributed by atoms with Gasteiger partial charge in [-0.25, -0.2) is 9.69 Å². The fraction of sp³-hybridized carbons (Fsp3) is 0.476. The lowest BCUT2D eigenvalue weighted by molar-refractivity contribution is -0.192. The Labute approximate surface area is 184 Å². The highest BCUT2D eigenvalue weighted by molar-refractivity contribution is 6.22. The Kier molecular flexibility index (Phi) is 6.60. The second-order valence-corrected chi connectivity index (χ2v) is 7.95. The van der Waals surface area contributed by atoms with Gasteiger partial charge in [0.15, 0.2) is 0 Å². The number of carbonyl (C=O) groups excluding carboxylic acids is 2. The molecule has 2 saturated heterocycles. The van der Waals surface area contributed by atoms with Crippen LogP contribution in [0.15, 0.2) is 36.4 Å². The van der Waals surface area contributed by atoms with E-state index in [4.69, 9.17) is 9.90 Å². The Balaban J connectivity index is 0.000000383. The van der Waals surface area contributed by atoms with Gasteiger partial charge in [0.25, 0.3) is 0 Å². The Morgan fingerprint density at radius 2 is 1.67 bits per heavy atom. The van der Waals surface area contributed by atoms with E-state index in [1.807, 2.05) is 12.2 Å². The molecule has 180 valence electrons. The van der Waals surface area contributed by atoms with Gasteiger partial charge in [0, 0.05) is 18.5 Å². The van der Waals surface area contributed by atoms with Crippen molar-refractivity contribution < 1.29 is 45.8 Å². The van der Waals surface area contributed by atoms with Gasteiger partial charge in [-0.05, 0) is 31.2 Å². The summed E-state index contributed by atoms with van der Waals surface area (Å²) in [6, 6.07) is 4.29. The van der Waals surface area contributed by atoms with Crippen molar-refractivity contribution in [3.05, 3.63) is 42.0 Å². The molecule has 1 aromatic carbocycles. The zero-order valence-electron chi connectivity index (χ0n) is 17.2. The maximum Gasteiger partial charge on any atom is 0.490 e. The highest BCUT2D eigenvalue weighted by atomic mass is 19.4. The van der Waals surface area contributed by atoms with Gasteiger partial charge in [-0.3, -0.25) is 14.5 Å². The van der Waals surface area contributed by atoms with Crippen LogP contribution in [0.25, 0.3) is 0 Å². The SMILES string of the molecule is CCCN1CC2C=C[C@@H]1[C@H]1C(=O)N(c3cccc(C(F)(F)F)c3)C(=O)[C@@H]21.O=C(O)C(F)(F)F. The van der Waals surface area contributed by atoms with E-state index >= 15 is 0 Å². The smallest absolute Gasteiger partial charge is 0.475 e. The minimum Gasteiger partial charge on any atom is -0.475 e. The quantitative estimate of drug-likeness (QED) is 0.407. The summed E-state index contributed by atoms with van der Waals surface area (Å²) in [5, 5.41) is 7.12. The molecule has 0 saturated carbocycles. The highest BCUT2D eigenvalue weighted by Gasteiger charge is 2.59. The maximum absolute atomic E-state index is 13.0. The molecule has 4 aliphatic rings. The van der Waals surface area contributed by atoms with Gasteiger partial charge in [-0.1, -0.05) is 25.1 Å². The number of carboxylic acid groups (broad SMARTS) is 1. The molecule has 2 fully saturated rings. The predicted molar refractivity (Wildman–Crippen MR) is 103 cm³/mol. The van der Waals surface area contributed by atoms with Crippen LogP contribution in [0.5, 0.6) is 0 Å². The summed E-state index contributed by atoms with van der Waals surface area (Å²) in [6.45, 7) is 3.60. The minimum absolute atomic E-state index is 0.00525. The number of carbonyl (C=O) groups is 3. The van der Waals surface area contributed by atoms with E-state index in [1.54, 1.807) is 0 Å². The summed E-state index contributed by atoms with van der Waals surface area (Å²) in [6.07, 6.45) is -4.70. The second-order valence-electron chi connectivity index (χ2n) is 7.95.